The lowest BCUT2D eigenvalue weighted by atomic mass is 9.86. The summed E-state index contributed by atoms with van der Waals surface area (Å²) in [5.74, 6) is 0.191. The van der Waals surface area contributed by atoms with Crippen LogP contribution in [0.15, 0.2) is 0 Å². The van der Waals surface area contributed by atoms with Gasteiger partial charge in [0.25, 0.3) is 0 Å². The molecule has 112 valence electrons. The van der Waals surface area contributed by atoms with E-state index in [-0.39, 0.29) is 24.0 Å². The summed E-state index contributed by atoms with van der Waals surface area (Å²) in [5.41, 5.74) is -0.0549. The molecule has 4 nitrogen and oxygen atoms in total. The molecule has 0 saturated heterocycles. The molecule has 1 rings (SSSR count). The molecule has 0 aliphatic heterocycles. The van der Waals surface area contributed by atoms with Gasteiger partial charge < -0.3 is 15.3 Å². The van der Waals surface area contributed by atoms with Crippen LogP contribution in [-0.2, 0) is 4.79 Å². The van der Waals surface area contributed by atoms with Crippen molar-refractivity contribution in [3.8, 4) is 0 Å². The van der Waals surface area contributed by atoms with Crippen LogP contribution in [0.1, 0.15) is 52.9 Å². The predicted molar refractivity (Wildman–Crippen MR) is 78.0 cm³/mol. The van der Waals surface area contributed by atoms with Crippen LogP contribution in [0.5, 0.6) is 0 Å². The van der Waals surface area contributed by atoms with Gasteiger partial charge in [0.2, 0.25) is 5.91 Å². The summed E-state index contributed by atoms with van der Waals surface area (Å²) in [6.45, 7) is 8.60. The Hall–Kier alpha value is -0.610. The molecular weight excluding hydrogens is 240 g/mol. The van der Waals surface area contributed by atoms with Crippen LogP contribution in [0.2, 0.25) is 0 Å². The minimum absolute atomic E-state index is 0.0549. The molecule has 4 heteroatoms. The van der Waals surface area contributed by atoms with Crippen LogP contribution in [-0.4, -0.2) is 48.2 Å². The highest BCUT2D eigenvalue weighted by molar-refractivity contribution is 5.78. The zero-order valence-electron chi connectivity index (χ0n) is 12.7. The van der Waals surface area contributed by atoms with Crippen LogP contribution >= 0.6 is 0 Å². The molecule has 1 aliphatic rings. The number of carbonyl (C=O) groups is 1. The van der Waals surface area contributed by atoms with Crippen molar-refractivity contribution in [3.05, 3.63) is 0 Å². The summed E-state index contributed by atoms with van der Waals surface area (Å²) in [6, 6.07) is 0.270. The highest BCUT2D eigenvalue weighted by Gasteiger charge is 2.38. The van der Waals surface area contributed by atoms with Gasteiger partial charge in [-0.2, -0.15) is 0 Å². The quantitative estimate of drug-likeness (QED) is 0.707. The first kappa shape index (κ1) is 16.4. The highest BCUT2D eigenvalue weighted by Crippen LogP contribution is 2.37. The Labute approximate surface area is 117 Å². The lowest BCUT2D eigenvalue weighted by Crippen LogP contribution is -2.47. The Bertz CT molecular complexity index is 277. The second-order valence-corrected chi connectivity index (χ2v) is 6.02. The van der Waals surface area contributed by atoms with Crippen molar-refractivity contribution in [2.24, 2.45) is 5.41 Å². The molecular formula is C15H30N2O2. The van der Waals surface area contributed by atoms with E-state index in [0.29, 0.717) is 6.54 Å². The van der Waals surface area contributed by atoms with Gasteiger partial charge >= 0.3 is 0 Å². The van der Waals surface area contributed by atoms with Gasteiger partial charge in [0.15, 0.2) is 0 Å². The van der Waals surface area contributed by atoms with Gasteiger partial charge in [-0.05, 0) is 25.7 Å². The number of aliphatic hydroxyl groups excluding tert-OH is 1. The van der Waals surface area contributed by atoms with E-state index in [1.165, 1.54) is 0 Å². The molecule has 0 aromatic rings. The van der Waals surface area contributed by atoms with E-state index < -0.39 is 0 Å². The topological polar surface area (TPSA) is 52.6 Å². The first-order valence-corrected chi connectivity index (χ1v) is 7.69. The van der Waals surface area contributed by atoms with Crippen LogP contribution < -0.4 is 5.32 Å². The minimum atomic E-state index is -0.0549. The van der Waals surface area contributed by atoms with E-state index in [4.69, 9.17) is 0 Å². The second kappa shape index (κ2) is 7.85. The maximum absolute atomic E-state index is 12.2. The van der Waals surface area contributed by atoms with Gasteiger partial charge in [0.1, 0.15) is 0 Å². The summed E-state index contributed by atoms with van der Waals surface area (Å²) in [6.07, 6.45) is 5.25. The molecule has 0 aromatic heterocycles. The maximum atomic E-state index is 12.2. The van der Waals surface area contributed by atoms with E-state index in [2.05, 4.69) is 26.1 Å². The monoisotopic (exact) mass is 270 g/mol. The van der Waals surface area contributed by atoms with Gasteiger partial charge in [-0.1, -0.05) is 27.2 Å². The van der Waals surface area contributed by atoms with Crippen molar-refractivity contribution in [2.45, 2.75) is 58.9 Å². The zero-order chi connectivity index (χ0) is 14.3. The van der Waals surface area contributed by atoms with Crippen molar-refractivity contribution in [3.63, 3.8) is 0 Å². The molecule has 1 fully saturated rings. The number of amides is 1. The van der Waals surface area contributed by atoms with Crippen molar-refractivity contribution < 1.29 is 9.90 Å². The van der Waals surface area contributed by atoms with Crippen molar-refractivity contribution in [1.29, 1.82) is 0 Å². The highest BCUT2D eigenvalue weighted by atomic mass is 16.3. The summed E-state index contributed by atoms with van der Waals surface area (Å²) >= 11 is 0. The number of rotatable bonds is 8. The smallest absolute Gasteiger partial charge is 0.236 e. The second-order valence-electron chi connectivity index (χ2n) is 6.02. The van der Waals surface area contributed by atoms with Crippen LogP contribution in [0.3, 0.4) is 0 Å². The van der Waals surface area contributed by atoms with Gasteiger partial charge in [-0.15, -0.1) is 0 Å². The predicted octanol–water partition coefficient (Wildman–Crippen LogP) is 1.78. The number of nitrogens with zero attached hydrogens (tertiary/aromatic N) is 1. The number of aliphatic hydroxyl groups is 1. The number of hydrogen-bond acceptors (Lipinski definition) is 3. The zero-order valence-corrected chi connectivity index (χ0v) is 12.7. The first-order valence-electron chi connectivity index (χ1n) is 7.69. The molecule has 0 aromatic carbocycles. The molecule has 0 unspecified atom stereocenters. The summed E-state index contributed by atoms with van der Waals surface area (Å²) in [7, 11) is 0. The van der Waals surface area contributed by atoms with Crippen molar-refractivity contribution >= 4 is 5.91 Å². The van der Waals surface area contributed by atoms with E-state index in [0.717, 1.165) is 45.2 Å². The third kappa shape index (κ3) is 4.46. The molecule has 0 bridgehead atoms. The molecule has 19 heavy (non-hydrogen) atoms. The molecule has 1 aliphatic carbocycles. The Morgan fingerprint density at radius 1 is 1.37 bits per heavy atom. The molecule has 2 N–H and O–H groups in total. The van der Waals surface area contributed by atoms with Crippen molar-refractivity contribution in [2.75, 3.05) is 26.2 Å². The fraction of sp³-hybridized carbons (Fsp3) is 0.933. The van der Waals surface area contributed by atoms with E-state index in [1.807, 2.05) is 4.90 Å². The lowest BCUT2D eigenvalue weighted by Gasteiger charge is -2.31. The lowest BCUT2D eigenvalue weighted by molar-refractivity contribution is -0.130. The molecule has 0 radical (unpaired) electrons. The standard InChI is InChI=1S/C15H30N2O2/c1-4-9-17(10-5-2)14(19)11-16-13-7-6-8-15(13,3)12-18/h13,16,18H,4-12H2,1-3H3/t13-,15+/m1/s1. The fourth-order valence-corrected chi connectivity index (χ4v) is 2.99. The third-order valence-electron chi connectivity index (χ3n) is 4.28. The number of hydrogen-bond donors (Lipinski definition) is 2. The normalized spacial score (nSPS) is 26.6. The van der Waals surface area contributed by atoms with Crippen molar-refractivity contribution in [1.82, 2.24) is 10.2 Å². The Kier molecular flexibility index (Phi) is 6.80. The molecule has 1 saturated carbocycles. The first-order chi connectivity index (χ1) is 9.07. The average molecular weight is 270 g/mol. The van der Waals surface area contributed by atoms with Gasteiger partial charge in [-0.25, -0.2) is 0 Å². The summed E-state index contributed by atoms with van der Waals surface area (Å²) in [4.78, 5) is 14.1. The number of nitrogens with one attached hydrogen (secondary N) is 1. The molecule has 2 atom stereocenters. The molecule has 1 amide bonds. The number of carbonyl (C=O) groups excluding carboxylic acids is 1. The SMILES string of the molecule is CCCN(CCC)C(=O)CN[C@@H]1CCC[C@@]1(C)CO. The van der Waals surface area contributed by atoms with Crippen LogP contribution in [0.25, 0.3) is 0 Å². The summed E-state index contributed by atoms with van der Waals surface area (Å²) in [5, 5.41) is 12.9. The average Bonchev–Trinajstić information content (AvgIpc) is 2.78. The molecule has 0 heterocycles. The van der Waals surface area contributed by atoms with E-state index >= 15 is 0 Å². The van der Waals surface area contributed by atoms with E-state index in [9.17, 15) is 9.90 Å². The third-order valence-corrected chi connectivity index (χ3v) is 4.28. The van der Waals surface area contributed by atoms with Gasteiger partial charge in [0, 0.05) is 31.2 Å². The Balaban J connectivity index is 2.44. The minimum Gasteiger partial charge on any atom is -0.396 e. The summed E-state index contributed by atoms with van der Waals surface area (Å²) < 4.78 is 0. The van der Waals surface area contributed by atoms with Crippen LogP contribution in [0, 0.1) is 5.41 Å². The Morgan fingerprint density at radius 2 is 2.00 bits per heavy atom. The largest absolute Gasteiger partial charge is 0.396 e. The Morgan fingerprint density at radius 3 is 2.53 bits per heavy atom. The van der Waals surface area contributed by atoms with Gasteiger partial charge in [-0.3, -0.25) is 4.79 Å². The fourth-order valence-electron chi connectivity index (χ4n) is 2.99. The van der Waals surface area contributed by atoms with Crippen LogP contribution in [0.4, 0.5) is 0 Å². The van der Waals surface area contributed by atoms with Gasteiger partial charge in [0.05, 0.1) is 6.54 Å². The van der Waals surface area contributed by atoms with E-state index in [1.54, 1.807) is 0 Å². The molecule has 0 spiro atoms. The maximum Gasteiger partial charge on any atom is 0.236 e.